The van der Waals surface area contributed by atoms with Gasteiger partial charge in [-0.1, -0.05) is 15.9 Å². The molecule has 1 aromatic rings. The number of nitrogens with zero attached hydrogens (tertiary/aromatic N) is 2. The van der Waals surface area contributed by atoms with Crippen molar-refractivity contribution in [2.24, 2.45) is 0 Å². The zero-order chi connectivity index (χ0) is 11.8. The van der Waals surface area contributed by atoms with E-state index in [4.69, 9.17) is 4.74 Å². The van der Waals surface area contributed by atoms with E-state index in [1.54, 1.807) is 0 Å². The van der Waals surface area contributed by atoms with E-state index >= 15 is 0 Å². The second-order valence-corrected chi connectivity index (χ2v) is 3.89. The van der Waals surface area contributed by atoms with Crippen LogP contribution in [0.15, 0.2) is 0 Å². The molecule has 0 spiro atoms. The molecular formula is C9H15BrN4O2. The molecule has 0 aliphatic heterocycles. The Kier molecular flexibility index (Phi) is 5.84. The predicted octanol–water partition coefficient (Wildman–Crippen LogP) is 1.71. The Labute approximate surface area is 102 Å². The summed E-state index contributed by atoms with van der Waals surface area (Å²) in [7, 11) is 0. The predicted molar refractivity (Wildman–Crippen MR) is 63.8 cm³/mol. The van der Waals surface area contributed by atoms with E-state index in [9.17, 15) is 4.79 Å². The molecule has 1 aromatic heterocycles. The summed E-state index contributed by atoms with van der Waals surface area (Å²) in [4.78, 5) is 15.3. The first-order valence-electron chi connectivity index (χ1n) is 5.17. The third kappa shape index (κ3) is 4.61. The van der Waals surface area contributed by atoms with Gasteiger partial charge in [0, 0.05) is 11.8 Å². The molecule has 0 fully saturated rings. The van der Waals surface area contributed by atoms with Crippen molar-refractivity contribution in [3.05, 3.63) is 0 Å². The fraction of sp³-hybridized carbons (Fsp3) is 0.667. The van der Waals surface area contributed by atoms with E-state index in [1.165, 1.54) is 0 Å². The number of H-pyrrole nitrogens is 1. The number of hydrogen-bond acceptors (Lipinski definition) is 4. The molecule has 0 unspecified atom stereocenters. The molecule has 1 rings (SSSR count). The number of alkyl halides is 1. The van der Waals surface area contributed by atoms with Crippen LogP contribution in [-0.2, 0) is 4.79 Å². The van der Waals surface area contributed by atoms with Gasteiger partial charge >= 0.3 is 6.01 Å². The average Bonchev–Trinajstić information content (AvgIpc) is 2.66. The lowest BCUT2D eigenvalue weighted by Crippen LogP contribution is -2.12. The Morgan fingerprint density at radius 3 is 3.06 bits per heavy atom. The Bertz CT molecular complexity index is 329. The molecule has 0 bridgehead atoms. The maximum atomic E-state index is 11.4. The number of rotatable bonds is 7. The van der Waals surface area contributed by atoms with E-state index in [-0.39, 0.29) is 11.9 Å². The summed E-state index contributed by atoms with van der Waals surface area (Å²) in [6.45, 7) is 2.34. The van der Waals surface area contributed by atoms with E-state index in [0.29, 0.717) is 19.0 Å². The highest BCUT2D eigenvalue weighted by Crippen LogP contribution is 2.06. The highest BCUT2D eigenvalue weighted by molar-refractivity contribution is 9.09. The number of carbonyl (C=O) groups is 1. The van der Waals surface area contributed by atoms with E-state index < -0.39 is 0 Å². The summed E-state index contributed by atoms with van der Waals surface area (Å²) in [5.74, 6) is 0.257. The van der Waals surface area contributed by atoms with Crippen molar-refractivity contribution in [2.75, 3.05) is 17.3 Å². The number of halogens is 1. The largest absolute Gasteiger partial charge is 0.463 e. The minimum atomic E-state index is -0.0693. The maximum absolute atomic E-state index is 11.4. The molecule has 6 nitrogen and oxygen atoms in total. The maximum Gasteiger partial charge on any atom is 0.337 e. The number of aromatic nitrogens is 3. The van der Waals surface area contributed by atoms with Crippen molar-refractivity contribution in [3.63, 3.8) is 0 Å². The standard InChI is InChI=1S/C9H15BrN4O2/c1-2-16-9-12-8(13-14-9)11-7(15)5-3-4-6-10/h2-6H2,1H3,(H2,11,12,13,14,15). The lowest BCUT2D eigenvalue weighted by Gasteiger charge is -1.99. The molecule has 0 aromatic carbocycles. The first-order valence-corrected chi connectivity index (χ1v) is 6.29. The summed E-state index contributed by atoms with van der Waals surface area (Å²) < 4.78 is 5.06. The molecule has 0 aliphatic rings. The van der Waals surface area contributed by atoms with Crippen molar-refractivity contribution < 1.29 is 9.53 Å². The van der Waals surface area contributed by atoms with Crippen molar-refractivity contribution in [1.29, 1.82) is 0 Å². The Balaban J connectivity index is 2.31. The fourth-order valence-electron chi connectivity index (χ4n) is 1.07. The van der Waals surface area contributed by atoms with Gasteiger partial charge in [0.2, 0.25) is 11.9 Å². The van der Waals surface area contributed by atoms with Crippen molar-refractivity contribution >= 4 is 27.8 Å². The molecule has 0 saturated carbocycles. The Morgan fingerprint density at radius 1 is 1.56 bits per heavy atom. The number of aromatic amines is 1. The van der Waals surface area contributed by atoms with E-state index in [2.05, 4.69) is 36.4 Å². The summed E-state index contributed by atoms with van der Waals surface area (Å²) in [5.41, 5.74) is 0. The highest BCUT2D eigenvalue weighted by Gasteiger charge is 2.07. The van der Waals surface area contributed by atoms with Crippen LogP contribution in [0.5, 0.6) is 6.01 Å². The summed E-state index contributed by atoms with van der Waals surface area (Å²) in [6.07, 6.45) is 2.31. The zero-order valence-corrected chi connectivity index (χ0v) is 10.7. The first-order chi connectivity index (χ1) is 7.76. The lowest BCUT2D eigenvalue weighted by molar-refractivity contribution is -0.116. The van der Waals surface area contributed by atoms with Gasteiger partial charge in [0.25, 0.3) is 0 Å². The molecule has 1 amide bonds. The molecule has 0 aliphatic carbocycles. The molecule has 0 saturated heterocycles. The highest BCUT2D eigenvalue weighted by atomic mass is 79.9. The SMILES string of the molecule is CCOc1n[nH]c(NC(=O)CCCCBr)n1. The fourth-order valence-corrected chi connectivity index (χ4v) is 1.47. The molecule has 0 atom stereocenters. The van der Waals surface area contributed by atoms with Gasteiger partial charge < -0.3 is 4.74 Å². The zero-order valence-electron chi connectivity index (χ0n) is 9.12. The van der Waals surface area contributed by atoms with E-state index in [0.717, 1.165) is 18.2 Å². The van der Waals surface area contributed by atoms with Crippen LogP contribution in [0.3, 0.4) is 0 Å². The molecule has 2 N–H and O–H groups in total. The molecule has 16 heavy (non-hydrogen) atoms. The van der Waals surface area contributed by atoms with Gasteiger partial charge in [-0.3, -0.25) is 10.1 Å². The van der Waals surface area contributed by atoms with Gasteiger partial charge in [-0.2, -0.15) is 4.98 Å². The smallest absolute Gasteiger partial charge is 0.337 e. The van der Waals surface area contributed by atoms with Crippen molar-refractivity contribution in [2.45, 2.75) is 26.2 Å². The minimum absolute atomic E-state index is 0.0693. The van der Waals surface area contributed by atoms with Crippen LogP contribution in [-0.4, -0.2) is 33.0 Å². The third-order valence-corrected chi connectivity index (χ3v) is 2.34. The Hall–Kier alpha value is -1.11. The molecule has 90 valence electrons. The number of amides is 1. The quantitative estimate of drug-likeness (QED) is 0.592. The third-order valence-electron chi connectivity index (χ3n) is 1.78. The van der Waals surface area contributed by atoms with Crippen LogP contribution in [0.2, 0.25) is 0 Å². The number of unbranched alkanes of at least 4 members (excludes halogenated alkanes) is 1. The minimum Gasteiger partial charge on any atom is -0.463 e. The molecule has 1 heterocycles. The van der Waals surface area contributed by atoms with Crippen LogP contribution in [0.25, 0.3) is 0 Å². The number of anilines is 1. The molecule has 0 radical (unpaired) electrons. The van der Waals surface area contributed by atoms with Gasteiger partial charge in [0.15, 0.2) is 0 Å². The molecular weight excluding hydrogens is 276 g/mol. The van der Waals surface area contributed by atoms with Crippen LogP contribution in [0.4, 0.5) is 5.95 Å². The van der Waals surface area contributed by atoms with Crippen LogP contribution >= 0.6 is 15.9 Å². The topological polar surface area (TPSA) is 79.9 Å². The second-order valence-electron chi connectivity index (χ2n) is 3.09. The van der Waals surface area contributed by atoms with Gasteiger partial charge in [-0.05, 0) is 19.8 Å². The summed E-state index contributed by atoms with van der Waals surface area (Å²) in [5, 5.41) is 9.89. The Morgan fingerprint density at radius 2 is 2.38 bits per heavy atom. The number of nitrogens with one attached hydrogen (secondary N) is 2. The van der Waals surface area contributed by atoms with Gasteiger partial charge in [-0.15, -0.1) is 5.10 Å². The van der Waals surface area contributed by atoms with Gasteiger partial charge in [0.05, 0.1) is 6.61 Å². The van der Waals surface area contributed by atoms with Crippen LogP contribution in [0, 0.1) is 0 Å². The van der Waals surface area contributed by atoms with Crippen LogP contribution < -0.4 is 10.1 Å². The lowest BCUT2D eigenvalue weighted by atomic mass is 10.2. The van der Waals surface area contributed by atoms with Gasteiger partial charge in [0.1, 0.15) is 0 Å². The number of hydrogen-bond donors (Lipinski definition) is 2. The summed E-state index contributed by atoms with van der Waals surface area (Å²) in [6, 6.07) is 0.248. The van der Waals surface area contributed by atoms with Gasteiger partial charge in [-0.25, -0.2) is 5.10 Å². The monoisotopic (exact) mass is 290 g/mol. The molecule has 7 heteroatoms. The van der Waals surface area contributed by atoms with Crippen LogP contribution in [0.1, 0.15) is 26.2 Å². The second kappa shape index (κ2) is 7.21. The van der Waals surface area contributed by atoms with Crippen molar-refractivity contribution in [3.8, 4) is 6.01 Å². The van der Waals surface area contributed by atoms with E-state index in [1.807, 2.05) is 6.92 Å². The summed E-state index contributed by atoms with van der Waals surface area (Å²) >= 11 is 3.31. The first kappa shape index (κ1) is 13.0. The average molecular weight is 291 g/mol. The number of carbonyl (C=O) groups excluding carboxylic acids is 1. The number of ether oxygens (including phenoxy) is 1. The normalized spacial score (nSPS) is 10.1. The van der Waals surface area contributed by atoms with Crippen molar-refractivity contribution in [1.82, 2.24) is 15.2 Å².